The molecule has 3 rings (SSSR count). The third-order valence-electron chi connectivity index (χ3n) is 5.22. The number of hydrogen-bond acceptors (Lipinski definition) is 4. The maximum Gasteiger partial charge on any atom is 0.278 e. The molecule has 166 valence electrons. The van der Waals surface area contributed by atoms with Gasteiger partial charge in [-0.1, -0.05) is 55.9 Å². The number of rotatable bonds is 10. The van der Waals surface area contributed by atoms with Gasteiger partial charge in [-0.05, 0) is 50.7 Å². The van der Waals surface area contributed by atoms with Crippen LogP contribution in [0.2, 0.25) is 0 Å². The maximum absolute atomic E-state index is 13.0. The molecule has 7 heteroatoms. The molecule has 0 saturated carbocycles. The van der Waals surface area contributed by atoms with E-state index in [1.165, 1.54) is 17.3 Å². The molecule has 1 amide bonds. The standard InChI is InChI=1S/C24H32N4O2S/c1-16(2)12-13-28-23(30)22-20(14-18(4)26-22)27-24(28)31-15-21(29)25-17(3)10-11-19-8-6-5-7-9-19/h5-9,14,16-17,26H,10-13,15H2,1-4H3,(H,25,29)/t17-/m0/s1. The molecule has 0 aliphatic carbocycles. The van der Waals surface area contributed by atoms with Crippen molar-refractivity contribution >= 4 is 28.7 Å². The number of aromatic amines is 1. The number of nitrogens with one attached hydrogen (secondary N) is 2. The summed E-state index contributed by atoms with van der Waals surface area (Å²) in [4.78, 5) is 33.3. The van der Waals surface area contributed by atoms with Gasteiger partial charge in [-0.15, -0.1) is 0 Å². The van der Waals surface area contributed by atoms with Crippen LogP contribution in [0.1, 0.15) is 44.9 Å². The first-order valence-corrected chi connectivity index (χ1v) is 11.9. The Hall–Kier alpha value is -2.54. The molecule has 0 bridgehead atoms. The molecule has 6 nitrogen and oxygen atoms in total. The molecule has 2 aromatic heterocycles. The summed E-state index contributed by atoms with van der Waals surface area (Å²) >= 11 is 1.33. The Morgan fingerprint density at radius 3 is 2.65 bits per heavy atom. The second-order valence-corrected chi connectivity index (χ2v) is 9.47. The van der Waals surface area contributed by atoms with E-state index in [-0.39, 0.29) is 23.3 Å². The van der Waals surface area contributed by atoms with Gasteiger partial charge in [0, 0.05) is 18.3 Å². The second-order valence-electron chi connectivity index (χ2n) is 8.53. The first kappa shape index (κ1) is 23.1. The lowest BCUT2D eigenvalue weighted by Crippen LogP contribution is -2.34. The highest BCUT2D eigenvalue weighted by atomic mass is 32.2. The van der Waals surface area contributed by atoms with Crippen LogP contribution in [0.25, 0.3) is 11.0 Å². The molecule has 0 aliphatic rings. The predicted molar refractivity (Wildman–Crippen MR) is 128 cm³/mol. The van der Waals surface area contributed by atoms with Gasteiger partial charge >= 0.3 is 0 Å². The molecule has 2 N–H and O–H groups in total. The molecular formula is C24H32N4O2S. The van der Waals surface area contributed by atoms with Crippen molar-refractivity contribution in [1.29, 1.82) is 0 Å². The van der Waals surface area contributed by atoms with Crippen molar-refractivity contribution in [3.05, 3.63) is 58.0 Å². The minimum Gasteiger partial charge on any atom is -0.353 e. The maximum atomic E-state index is 13.0. The summed E-state index contributed by atoms with van der Waals surface area (Å²) in [6, 6.07) is 12.2. The highest BCUT2D eigenvalue weighted by Gasteiger charge is 2.16. The van der Waals surface area contributed by atoms with Crippen LogP contribution < -0.4 is 10.9 Å². The number of benzene rings is 1. The molecular weight excluding hydrogens is 408 g/mol. The molecule has 0 spiro atoms. The Labute approximate surface area is 187 Å². The van der Waals surface area contributed by atoms with E-state index < -0.39 is 0 Å². The fourth-order valence-electron chi connectivity index (χ4n) is 3.45. The third-order valence-corrected chi connectivity index (χ3v) is 6.19. The highest BCUT2D eigenvalue weighted by molar-refractivity contribution is 7.99. The van der Waals surface area contributed by atoms with Crippen LogP contribution in [0.15, 0.2) is 46.3 Å². The molecule has 0 aliphatic heterocycles. The summed E-state index contributed by atoms with van der Waals surface area (Å²) in [7, 11) is 0. The molecule has 0 fully saturated rings. The second kappa shape index (κ2) is 10.7. The van der Waals surface area contributed by atoms with Gasteiger partial charge in [0.2, 0.25) is 5.91 Å². The SMILES string of the molecule is Cc1cc2nc(SCC(=O)N[C@@H](C)CCc3ccccc3)n(CCC(C)C)c(=O)c2[nH]1. The summed E-state index contributed by atoms with van der Waals surface area (Å²) in [5.41, 5.74) is 3.29. The lowest BCUT2D eigenvalue weighted by molar-refractivity contribution is -0.119. The number of thioether (sulfide) groups is 1. The van der Waals surface area contributed by atoms with Gasteiger partial charge in [0.25, 0.3) is 5.56 Å². The molecule has 1 atom stereocenters. The van der Waals surface area contributed by atoms with Crippen molar-refractivity contribution in [2.45, 2.75) is 64.7 Å². The number of nitrogens with zero attached hydrogens (tertiary/aromatic N) is 2. The van der Waals surface area contributed by atoms with Gasteiger partial charge in [0.05, 0.1) is 11.3 Å². The van der Waals surface area contributed by atoms with Crippen molar-refractivity contribution in [1.82, 2.24) is 19.9 Å². The number of aryl methyl sites for hydroxylation is 2. The summed E-state index contributed by atoms with van der Waals surface area (Å²) in [5.74, 6) is 0.666. The van der Waals surface area contributed by atoms with E-state index in [4.69, 9.17) is 0 Å². The molecule has 1 aromatic carbocycles. The average molecular weight is 441 g/mol. The van der Waals surface area contributed by atoms with Gasteiger partial charge in [-0.25, -0.2) is 4.98 Å². The smallest absolute Gasteiger partial charge is 0.278 e. The Kier molecular flexibility index (Phi) is 7.96. The van der Waals surface area contributed by atoms with Crippen LogP contribution in [-0.2, 0) is 17.8 Å². The number of H-pyrrole nitrogens is 1. The van der Waals surface area contributed by atoms with Crippen molar-refractivity contribution in [2.75, 3.05) is 5.75 Å². The predicted octanol–water partition coefficient (Wildman–Crippen LogP) is 4.31. The normalized spacial score (nSPS) is 12.4. The van der Waals surface area contributed by atoms with Gasteiger partial charge in [0.15, 0.2) is 5.16 Å². The monoisotopic (exact) mass is 440 g/mol. The lowest BCUT2D eigenvalue weighted by atomic mass is 10.1. The zero-order valence-electron chi connectivity index (χ0n) is 18.8. The Bertz CT molecular complexity index is 1070. The molecule has 31 heavy (non-hydrogen) atoms. The van der Waals surface area contributed by atoms with Gasteiger partial charge < -0.3 is 10.3 Å². The Balaban J connectivity index is 1.64. The van der Waals surface area contributed by atoms with Crippen LogP contribution in [0.4, 0.5) is 0 Å². The zero-order chi connectivity index (χ0) is 22.4. The van der Waals surface area contributed by atoms with E-state index in [1.54, 1.807) is 4.57 Å². The van der Waals surface area contributed by atoms with E-state index in [2.05, 4.69) is 41.3 Å². The summed E-state index contributed by atoms with van der Waals surface area (Å²) in [6.07, 6.45) is 2.69. The Morgan fingerprint density at radius 2 is 1.94 bits per heavy atom. The van der Waals surface area contributed by atoms with Crippen LogP contribution in [0, 0.1) is 12.8 Å². The molecule has 0 unspecified atom stereocenters. The first-order chi connectivity index (χ1) is 14.8. The van der Waals surface area contributed by atoms with Crippen molar-refractivity contribution in [2.24, 2.45) is 5.92 Å². The number of hydrogen-bond donors (Lipinski definition) is 2. The fourth-order valence-corrected chi connectivity index (χ4v) is 4.29. The van der Waals surface area contributed by atoms with Gasteiger partial charge in [-0.2, -0.15) is 0 Å². The molecule has 2 heterocycles. The zero-order valence-corrected chi connectivity index (χ0v) is 19.6. The summed E-state index contributed by atoms with van der Waals surface area (Å²) in [6.45, 7) is 8.79. The number of carbonyl (C=O) groups excluding carboxylic acids is 1. The minimum absolute atomic E-state index is 0.0411. The summed E-state index contributed by atoms with van der Waals surface area (Å²) < 4.78 is 1.70. The first-order valence-electron chi connectivity index (χ1n) is 10.9. The molecule has 0 saturated heterocycles. The van der Waals surface area contributed by atoms with Crippen LogP contribution in [0.5, 0.6) is 0 Å². The lowest BCUT2D eigenvalue weighted by Gasteiger charge is -2.15. The van der Waals surface area contributed by atoms with E-state index in [9.17, 15) is 9.59 Å². The Morgan fingerprint density at radius 1 is 1.19 bits per heavy atom. The average Bonchev–Trinajstić information content (AvgIpc) is 3.11. The van der Waals surface area contributed by atoms with Gasteiger partial charge in [-0.3, -0.25) is 14.2 Å². The highest BCUT2D eigenvalue weighted by Crippen LogP contribution is 2.19. The van der Waals surface area contributed by atoms with E-state index in [0.717, 1.165) is 25.0 Å². The largest absolute Gasteiger partial charge is 0.353 e. The molecule has 3 aromatic rings. The van der Waals surface area contributed by atoms with E-state index >= 15 is 0 Å². The summed E-state index contributed by atoms with van der Waals surface area (Å²) in [5, 5.41) is 3.67. The molecule has 0 radical (unpaired) electrons. The number of aromatic nitrogens is 3. The van der Waals surface area contributed by atoms with Crippen molar-refractivity contribution in [3.8, 4) is 0 Å². The van der Waals surface area contributed by atoms with Gasteiger partial charge in [0.1, 0.15) is 5.52 Å². The fraction of sp³-hybridized carbons (Fsp3) is 0.458. The van der Waals surface area contributed by atoms with E-state index in [1.807, 2.05) is 38.1 Å². The van der Waals surface area contributed by atoms with Crippen molar-refractivity contribution in [3.63, 3.8) is 0 Å². The topological polar surface area (TPSA) is 79.8 Å². The van der Waals surface area contributed by atoms with Crippen molar-refractivity contribution < 1.29 is 4.79 Å². The van der Waals surface area contributed by atoms with Crippen LogP contribution >= 0.6 is 11.8 Å². The minimum atomic E-state index is -0.0714. The van der Waals surface area contributed by atoms with Crippen LogP contribution in [0.3, 0.4) is 0 Å². The number of fused-ring (bicyclic) bond motifs is 1. The van der Waals surface area contributed by atoms with Crippen LogP contribution in [-0.4, -0.2) is 32.2 Å². The quantitative estimate of drug-likeness (QED) is 0.364. The third kappa shape index (κ3) is 6.47. The number of carbonyl (C=O) groups is 1. The van der Waals surface area contributed by atoms with E-state index in [0.29, 0.717) is 28.7 Å². The number of amides is 1.